The second-order valence-electron chi connectivity index (χ2n) is 8.97. The molecule has 3 fully saturated rings. The maximum Gasteiger partial charge on any atom is 0.261 e. The summed E-state index contributed by atoms with van der Waals surface area (Å²) in [6.07, 6.45) is 11.6. The van der Waals surface area contributed by atoms with Crippen molar-refractivity contribution in [1.82, 2.24) is 15.1 Å². The Morgan fingerprint density at radius 1 is 1.03 bits per heavy atom. The molecule has 6 heteroatoms. The van der Waals surface area contributed by atoms with Crippen molar-refractivity contribution < 1.29 is 9.59 Å². The first-order valence-electron chi connectivity index (χ1n) is 11.9. The van der Waals surface area contributed by atoms with Gasteiger partial charge in [-0.15, -0.1) is 11.8 Å². The molecule has 0 spiro atoms. The summed E-state index contributed by atoms with van der Waals surface area (Å²) >= 11 is 1.72. The number of nitrogens with zero attached hydrogens (tertiary/aromatic N) is 2. The molecule has 5 nitrogen and oxygen atoms in total. The summed E-state index contributed by atoms with van der Waals surface area (Å²) in [6, 6.07) is 10.2. The molecule has 4 rings (SSSR count). The Balaban J connectivity index is 1.37. The number of carbonyl (C=O) groups excluding carboxylic acids is 2. The number of nitrogens with one attached hydrogen (secondary N) is 1. The van der Waals surface area contributed by atoms with Gasteiger partial charge in [0.1, 0.15) is 6.54 Å². The van der Waals surface area contributed by atoms with Crippen molar-refractivity contribution in [2.45, 2.75) is 62.7 Å². The summed E-state index contributed by atoms with van der Waals surface area (Å²) in [6.45, 7) is 4.01. The zero-order valence-corrected chi connectivity index (χ0v) is 19.2. The second-order valence-corrected chi connectivity index (χ2v) is 10.2. The van der Waals surface area contributed by atoms with Gasteiger partial charge in [0.25, 0.3) is 5.91 Å². The zero-order chi connectivity index (χ0) is 21.5. The van der Waals surface area contributed by atoms with E-state index in [-0.39, 0.29) is 24.4 Å². The standard InChI is InChI=1S/C25H35N3O2S/c29-24(26-14-17-27-15-8-1-2-9-16-27)19-28-21-12-6-7-13-22(21)31-23(25(28)30)18-20-10-4-3-5-11-20/h3-5,10-11,18,21-22H,1-2,6-9,12-17,19H2,(H,26,29)/b23-18-. The summed E-state index contributed by atoms with van der Waals surface area (Å²) in [5.41, 5.74) is 1.04. The van der Waals surface area contributed by atoms with Gasteiger partial charge in [0.2, 0.25) is 5.91 Å². The van der Waals surface area contributed by atoms with E-state index >= 15 is 0 Å². The molecule has 1 N–H and O–H groups in total. The number of rotatable bonds is 6. The molecule has 2 unspecified atom stereocenters. The third-order valence-corrected chi connectivity index (χ3v) is 8.08. The monoisotopic (exact) mass is 441 g/mol. The lowest BCUT2D eigenvalue weighted by atomic mass is 9.93. The molecular weight excluding hydrogens is 406 g/mol. The van der Waals surface area contributed by atoms with Crippen molar-refractivity contribution in [3.63, 3.8) is 0 Å². The Bertz CT molecular complexity index is 774. The minimum absolute atomic E-state index is 0.0136. The van der Waals surface area contributed by atoms with E-state index in [1.807, 2.05) is 41.3 Å². The zero-order valence-electron chi connectivity index (χ0n) is 18.4. The lowest BCUT2D eigenvalue weighted by Crippen LogP contribution is -2.54. The van der Waals surface area contributed by atoms with Crippen LogP contribution in [0.15, 0.2) is 35.2 Å². The SMILES string of the molecule is O=C(CN1C(=O)/C(=C/c2ccccc2)SC2CCCCC21)NCCN1CCCCCC1. The first-order chi connectivity index (χ1) is 15.2. The lowest BCUT2D eigenvalue weighted by molar-refractivity contribution is -0.135. The molecule has 1 aromatic carbocycles. The van der Waals surface area contributed by atoms with Crippen molar-refractivity contribution in [3.05, 3.63) is 40.8 Å². The molecule has 3 aliphatic rings. The van der Waals surface area contributed by atoms with E-state index in [1.54, 1.807) is 11.8 Å². The number of hydrogen-bond donors (Lipinski definition) is 1. The highest BCUT2D eigenvalue weighted by Gasteiger charge is 2.41. The third kappa shape index (κ3) is 6.13. The molecule has 1 aliphatic carbocycles. The Kier molecular flexibility index (Phi) is 8.09. The average molecular weight is 442 g/mol. The van der Waals surface area contributed by atoms with Gasteiger partial charge < -0.3 is 15.1 Å². The van der Waals surface area contributed by atoms with Gasteiger partial charge in [-0.1, -0.05) is 56.0 Å². The van der Waals surface area contributed by atoms with Gasteiger partial charge in [0.05, 0.1) is 4.91 Å². The molecule has 31 heavy (non-hydrogen) atoms. The van der Waals surface area contributed by atoms with E-state index in [9.17, 15) is 9.59 Å². The first-order valence-corrected chi connectivity index (χ1v) is 12.8. The van der Waals surface area contributed by atoms with Crippen molar-refractivity contribution in [2.24, 2.45) is 0 Å². The molecular formula is C25H35N3O2S. The fraction of sp³-hybridized carbons (Fsp3) is 0.600. The topological polar surface area (TPSA) is 52.7 Å². The normalized spacial score (nSPS) is 26.4. The Morgan fingerprint density at radius 2 is 1.77 bits per heavy atom. The van der Waals surface area contributed by atoms with Crippen LogP contribution >= 0.6 is 11.8 Å². The van der Waals surface area contributed by atoms with Crippen LogP contribution in [0.4, 0.5) is 0 Å². The summed E-state index contributed by atoms with van der Waals surface area (Å²) in [5.74, 6) is -0.0156. The van der Waals surface area contributed by atoms with Gasteiger partial charge in [0, 0.05) is 24.4 Å². The van der Waals surface area contributed by atoms with Gasteiger partial charge in [-0.25, -0.2) is 0 Å². The van der Waals surface area contributed by atoms with Crippen LogP contribution in [0.2, 0.25) is 0 Å². The second kappa shape index (κ2) is 11.2. The van der Waals surface area contributed by atoms with Gasteiger partial charge in [-0.05, 0) is 50.4 Å². The maximum absolute atomic E-state index is 13.3. The number of thioether (sulfide) groups is 1. The largest absolute Gasteiger partial charge is 0.353 e. The quantitative estimate of drug-likeness (QED) is 0.680. The molecule has 2 aliphatic heterocycles. The molecule has 0 radical (unpaired) electrons. The first kappa shape index (κ1) is 22.4. The van der Waals surface area contributed by atoms with E-state index in [0.717, 1.165) is 49.4 Å². The predicted molar refractivity (Wildman–Crippen MR) is 128 cm³/mol. The molecule has 0 aromatic heterocycles. The van der Waals surface area contributed by atoms with E-state index in [1.165, 1.54) is 32.1 Å². The minimum Gasteiger partial charge on any atom is -0.353 e. The highest BCUT2D eigenvalue weighted by atomic mass is 32.2. The highest BCUT2D eigenvalue weighted by Crippen LogP contribution is 2.42. The number of amides is 2. The fourth-order valence-corrected chi connectivity index (χ4v) is 6.46. The highest BCUT2D eigenvalue weighted by molar-refractivity contribution is 8.04. The summed E-state index contributed by atoms with van der Waals surface area (Å²) in [5, 5.41) is 3.47. The summed E-state index contributed by atoms with van der Waals surface area (Å²) in [4.78, 5) is 31.2. The van der Waals surface area contributed by atoms with Gasteiger partial charge in [-0.2, -0.15) is 0 Å². The summed E-state index contributed by atoms with van der Waals surface area (Å²) in [7, 11) is 0. The molecule has 168 valence electrons. The van der Waals surface area contributed by atoms with Gasteiger partial charge in [0.15, 0.2) is 0 Å². The smallest absolute Gasteiger partial charge is 0.261 e. The molecule has 2 heterocycles. The molecule has 1 saturated carbocycles. The van der Waals surface area contributed by atoms with Crippen molar-refractivity contribution >= 4 is 29.7 Å². The number of hydrogen-bond acceptors (Lipinski definition) is 4. The lowest BCUT2D eigenvalue weighted by Gasteiger charge is -2.43. The summed E-state index contributed by atoms with van der Waals surface area (Å²) < 4.78 is 0. The van der Waals surface area contributed by atoms with E-state index < -0.39 is 0 Å². The predicted octanol–water partition coefficient (Wildman–Crippen LogP) is 3.91. The minimum atomic E-state index is -0.0292. The van der Waals surface area contributed by atoms with Crippen LogP contribution in [0, 0.1) is 0 Å². The Labute approximate surface area is 190 Å². The molecule has 2 atom stereocenters. The van der Waals surface area contributed by atoms with Crippen LogP contribution in [-0.4, -0.2) is 65.6 Å². The number of likely N-dealkylation sites (tertiary alicyclic amines) is 1. The van der Waals surface area contributed by atoms with Crippen LogP contribution in [-0.2, 0) is 9.59 Å². The number of carbonyl (C=O) groups is 2. The Morgan fingerprint density at radius 3 is 2.55 bits per heavy atom. The van der Waals surface area contributed by atoms with Crippen LogP contribution in [0.25, 0.3) is 6.08 Å². The van der Waals surface area contributed by atoms with Crippen LogP contribution in [0.3, 0.4) is 0 Å². The van der Waals surface area contributed by atoms with Crippen LogP contribution in [0.1, 0.15) is 56.9 Å². The van der Waals surface area contributed by atoms with E-state index in [2.05, 4.69) is 10.2 Å². The third-order valence-electron chi connectivity index (χ3n) is 6.68. The maximum atomic E-state index is 13.3. The Hall–Kier alpha value is -1.79. The van der Waals surface area contributed by atoms with E-state index in [0.29, 0.717) is 11.8 Å². The number of benzene rings is 1. The molecule has 1 aromatic rings. The van der Waals surface area contributed by atoms with Gasteiger partial charge >= 0.3 is 0 Å². The van der Waals surface area contributed by atoms with Crippen LogP contribution < -0.4 is 5.32 Å². The van der Waals surface area contributed by atoms with Crippen molar-refractivity contribution in [2.75, 3.05) is 32.7 Å². The van der Waals surface area contributed by atoms with Crippen molar-refractivity contribution in [3.8, 4) is 0 Å². The van der Waals surface area contributed by atoms with E-state index in [4.69, 9.17) is 0 Å². The average Bonchev–Trinajstić information content (AvgIpc) is 3.06. The molecule has 2 saturated heterocycles. The van der Waals surface area contributed by atoms with Gasteiger partial charge in [-0.3, -0.25) is 9.59 Å². The molecule has 2 amide bonds. The van der Waals surface area contributed by atoms with Crippen molar-refractivity contribution in [1.29, 1.82) is 0 Å². The molecule has 0 bridgehead atoms. The van der Waals surface area contributed by atoms with Crippen LogP contribution in [0.5, 0.6) is 0 Å². The number of fused-ring (bicyclic) bond motifs is 1. The fourth-order valence-electron chi connectivity index (χ4n) is 4.99.